The van der Waals surface area contributed by atoms with Gasteiger partial charge in [0.25, 0.3) is 5.91 Å². The van der Waals surface area contributed by atoms with Gasteiger partial charge in [-0.15, -0.1) is 0 Å². The number of carbonyl (C=O) groups excluding carboxylic acids is 1. The van der Waals surface area contributed by atoms with Gasteiger partial charge in [0.15, 0.2) is 11.5 Å². The van der Waals surface area contributed by atoms with E-state index in [1.807, 2.05) is 6.92 Å². The van der Waals surface area contributed by atoms with Crippen LogP contribution in [0.25, 0.3) is 0 Å². The summed E-state index contributed by atoms with van der Waals surface area (Å²) >= 11 is 5.89. The maximum Gasteiger partial charge on any atom is 0.271 e. The van der Waals surface area contributed by atoms with E-state index in [0.717, 1.165) is 5.56 Å². The summed E-state index contributed by atoms with van der Waals surface area (Å²) in [5.74, 6) is 0.450. The quantitative estimate of drug-likeness (QED) is 0.642. The number of nitrogens with one attached hydrogen (secondary N) is 1. The smallest absolute Gasteiger partial charge is 0.271 e. The van der Waals surface area contributed by atoms with Crippen molar-refractivity contribution in [2.24, 2.45) is 5.10 Å². The predicted molar refractivity (Wildman–Crippen MR) is 92.5 cm³/mol. The number of phenolic OH excluding ortho intramolecular Hbond substituents is 1. The Morgan fingerprint density at radius 3 is 2.58 bits per heavy atom. The Labute approximate surface area is 144 Å². The first kappa shape index (κ1) is 17.6. The Hall–Kier alpha value is -2.73. The molecule has 2 rings (SSSR count). The molecule has 0 bridgehead atoms. The molecule has 0 fully saturated rings. The van der Waals surface area contributed by atoms with Crippen molar-refractivity contribution in [1.29, 1.82) is 0 Å². The second kappa shape index (κ2) is 7.70. The van der Waals surface area contributed by atoms with Crippen molar-refractivity contribution < 1.29 is 19.4 Å². The summed E-state index contributed by atoms with van der Waals surface area (Å²) in [4.78, 5) is 12.1. The lowest BCUT2D eigenvalue weighted by Crippen LogP contribution is -2.17. The third-order valence-electron chi connectivity index (χ3n) is 3.25. The van der Waals surface area contributed by atoms with E-state index in [2.05, 4.69) is 10.5 Å². The van der Waals surface area contributed by atoms with Gasteiger partial charge in [0.1, 0.15) is 5.75 Å². The highest BCUT2D eigenvalue weighted by atomic mass is 35.5. The normalized spacial score (nSPS) is 10.7. The summed E-state index contributed by atoms with van der Waals surface area (Å²) in [5.41, 5.74) is 4.02. The van der Waals surface area contributed by atoms with Crippen molar-refractivity contribution in [2.45, 2.75) is 6.92 Å². The topological polar surface area (TPSA) is 80.2 Å². The van der Waals surface area contributed by atoms with Crippen molar-refractivity contribution in [3.8, 4) is 17.2 Å². The Bertz CT molecular complexity index is 790. The summed E-state index contributed by atoms with van der Waals surface area (Å²) in [5, 5.41) is 13.9. The molecule has 1 amide bonds. The molecule has 0 aliphatic rings. The molecule has 0 atom stereocenters. The predicted octanol–water partition coefficient (Wildman–Crippen LogP) is 3.14. The van der Waals surface area contributed by atoms with Gasteiger partial charge < -0.3 is 14.6 Å². The number of benzene rings is 2. The second-order valence-corrected chi connectivity index (χ2v) is 5.36. The minimum atomic E-state index is -0.426. The van der Waals surface area contributed by atoms with E-state index in [1.165, 1.54) is 20.4 Å². The first-order valence-corrected chi connectivity index (χ1v) is 7.38. The largest absolute Gasteiger partial charge is 0.506 e. The fourth-order valence-corrected chi connectivity index (χ4v) is 2.34. The Kier molecular flexibility index (Phi) is 5.65. The SMILES string of the molecule is COc1ccc(C(=O)N/N=C/c2cc(C)cc(Cl)c2O)cc1OC. The summed E-state index contributed by atoms with van der Waals surface area (Å²) in [7, 11) is 3.00. The highest BCUT2D eigenvalue weighted by molar-refractivity contribution is 6.32. The van der Waals surface area contributed by atoms with E-state index in [0.29, 0.717) is 22.6 Å². The molecule has 0 aliphatic carbocycles. The van der Waals surface area contributed by atoms with E-state index < -0.39 is 5.91 Å². The fraction of sp³-hybridized carbons (Fsp3) is 0.176. The zero-order chi connectivity index (χ0) is 17.7. The molecule has 0 spiro atoms. The molecule has 6 nitrogen and oxygen atoms in total. The molecule has 0 saturated carbocycles. The van der Waals surface area contributed by atoms with E-state index >= 15 is 0 Å². The minimum Gasteiger partial charge on any atom is -0.506 e. The molecule has 0 aromatic heterocycles. The standard InChI is InChI=1S/C17H17ClN2O4/c1-10-6-12(16(21)13(18)7-10)9-19-20-17(22)11-4-5-14(23-2)15(8-11)24-3/h4-9,21H,1-3H3,(H,20,22)/b19-9+. The number of halogens is 1. The number of methoxy groups -OCH3 is 2. The maximum atomic E-state index is 12.1. The van der Waals surface area contributed by atoms with Crippen LogP contribution in [-0.4, -0.2) is 31.4 Å². The van der Waals surface area contributed by atoms with Crippen molar-refractivity contribution in [1.82, 2.24) is 5.43 Å². The van der Waals surface area contributed by atoms with Gasteiger partial charge in [-0.2, -0.15) is 5.10 Å². The fourth-order valence-electron chi connectivity index (χ4n) is 2.06. The number of nitrogens with zero attached hydrogens (tertiary/aromatic N) is 1. The van der Waals surface area contributed by atoms with Gasteiger partial charge in [-0.05, 0) is 42.8 Å². The van der Waals surface area contributed by atoms with Gasteiger partial charge in [-0.3, -0.25) is 4.79 Å². The van der Waals surface area contributed by atoms with Crippen LogP contribution >= 0.6 is 11.6 Å². The van der Waals surface area contributed by atoms with Gasteiger partial charge in [0.05, 0.1) is 25.5 Å². The third kappa shape index (κ3) is 3.97. The van der Waals surface area contributed by atoms with Crippen LogP contribution in [0.4, 0.5) is 0 Å². The summed E-state index contributed by atoms with van der Waals surface area (Å²) < 4.78 is 10.3. The van der Waals surface area contributed by atoms with Crippen molar-refractivity contribution in [3.63, 3.8) is 0 Å². The van der Waals surface area contributed by atoms with E-state index in [-0.39, 0.29) is 10.8 Å². The van der Waals surface area contributed by atoms with Gasteiger partial charge in [-0.25, -0.2) is 5.43 Å². The van der Waals surface area contributed by atoms with Crippen LogP contribution < -0.4 is 14.9 Å². The number of aromatic hydroxyl groups is 1. The van der Waals surface area contributed by atoms with Gasteiger partial charge in [0.2, 0.25) is 0 Å². The van der Waals surface area contributed by atoms with Crippen LogP contribution in [0.15, 0.2) is 35.4 Å². The van der Waals surface area contributed by atoms with E-state index in [4.69, 9.17) is 21.1 Å². The molecular formula is C17H17ClN2O4. The lowest BCUT2D eigenvalue weighted by atomic mass is 10.1. The summed E-state index contributed by atoms with van der Waals surface area (Å²) in [6, 6.07) is 8.10. The number of ether oxygens (including phenoxy) is 2. The van der Waals surface area contributed by atoms with Gasteiger partial charge >= 0.3 is 0 Å². The molecule has 2 N–H and O–H groups in total. The van der Waals surface area contributed by atoms with Crippen LogP contribution in [0.2, 0.25) is 5.02 Å². The second-order valence-electron chi connectivity index (χ2n) is 4.95. The number of hydrogen-bond donors (Lipinski definition) is 2. The van der Waals surface area contributed by atoms with E-state index in [1.54, 1.807) is 30.3 Å². The Morgan fingerprint density at radius 1 is 1.21 bits per heavy atom. The molecule has 7 heteroatoms. The van der Waals surface area contributed by atoms with Crippen molar-refractivity contribution in [3.05, 3.63) is 52.0 Å². The van der Waals surface area contributed by atoms with Crippen LogP contribution in [-0.2, 0) is 0 Å². The van der Waals surface area contributed by atoms with Crippen LogP contribution in [0.3, 0.4) is 0 Å². The summed E-state index contributed by atoms with van der Waals surface area (Å²) in [6.07, 6.45) is 1.33. The maximum absolute atomic E-state index is 12.1. The number of amides is 1. The number of rotatable bonds is 5. The number of phenols is 1. The Morgan fingerprint density at radius 2 is 1.92 bits per heavy atom. The minimum absolute atomic E-state index is 0.0913. The molecule has 0 aliphatic heterocycles. The zero-order valence-electron chi connectivity index (χ0n) is 13.5. The number of hydrazone groups is 1. The monoisotopic (exact) mass is 348 g/mol. The zero-order valence-corrected chi connectivity index (χ0v) is 14.2. The third-order valence-corrected chi connectivity index (χ3v) is 3.54. The number of aryl methyl sites for hydroxylation is 1. The molecule has 0 saturated heterocycles. The molecular weight excluding hydrogens is 332 g/mol. The first-order valence-electron chi connectivity index (χ1n) is 7.00. The summed E-state index contributed by atoms with van der Waals surface area (Å²) in [6.45, 7) is 1.84. The lowest BCUT2D eigenvalue weighted by Gasteiger charge is -2.08. The average Bonchev–Trinajstić information content (AvgIpc) is 2.58. The first-order chi connectivity index (χ1) is 11.5. The molecule has 0 radical (unpaired) electrons. The molecule has 126 valence electrons. The average molecular weight is 349 g/mol. The van der Waals surface area contributed by atoms with Crippen LogP contribution in [0, 0.1) is 6.92 Å². The highest BCUT2D eigenvalue weighted by Crippen LogP contribution is 2.28. The molecule has 24 heavy (non-hydrogen) atoms. The van der Waals surface area contributed by atoms with Crippen molar-refractivity contribution in [2.75, 3.05) is 14.2 Å². The molecule has 2 aromatic rings. The highest BCUT2D eigenvalue weighted by Gasteiger charge is 2.10. The number of hydrogen-bond acceptors (Lipinski definition) is 5. The van der Waals surface area contributed by atoms with E-state index in [9.17, 15) is 9.90 Å². The molecule has 2 aromatic carbocycles. The Balaban J connectivity index is 2.13. The number of carbonyl (C=O) groups is 1. The molecule has 0 heterocycles. The van der Waals surface area contributed by atoms with Crippen molar-refractivity contribution >= 4 is 23.7 Å². The van der Waals surface area contributed by atoms with Gasteiger partial charge in [-0.1, -0.05) is 11.6 Å². The van der Waals surface area contributed by atoms with Crippen LogP contribution in [0.5, 0.6) is 17.2 Å². The van der Waals surface area contributed by atoms with Gasteiger partial charge in [0, 0.05) is 11.1 Å². The molecule has 0 unspecified atom stereocenters. The van der Waals surface area contributed by atoms with Crippen LogP contribution in [0.1, 0.15) is 21.5 Å². The lowest BCUT2D eigenvalue weighted by molar-refractivity contribution is 0.0954.